The molecule has 18 heavy (non-hydrogen) atoms. The van der Waals surface area contributed by atoms with E-state index in [2.05, 4.69) is 71.4 Å². The fraction of sp³-hybridized carbons (Fsp3) is 0.250. The Hall–Kier alpha value is -1.80. The van der Waals surface area contributed by atoms with Gasteiger partial charge in [-0.1, -0.05) is 36.4 Å². The first kappa shape index (κ1) is 11.3. The first-order valence-electron chi connectivity index (χ1n) is 6.43. The summed E-state index contributed by atoms with van der Waals surface area (Å²) in [5.74, 6) is 0. The Morgan fingerprint density at radius 2 is 1.56 bits per heavy atom. The maximum Gasteiger partial charge on any atom is 0.0456 e. The van der Waals surface area contributed by atoms with Crippen molar-refractivity contribution in [3.8, 4) is 0 Å². The van der Waals surface area contributed by atoms with Crippen LogP contribution in [0.4, 0.5) is 11.4 Å². The van der Waals surface area contributed by atoms with Crippen LogP contribution in [-0.2, 0) is 6.54 Å². The molecular formula is C16H18N2. The smallest absolute Gasteiger partial charge is 0.0456 e. The fourth-order valence-corrected chi connectivity index (χ4v) is 2.54. The van der Waals surface area contributed by atoms with Crippen molar-refractivity contribution in [3.05, 3.63) is 60.2 Å². The molecule has 0 aliphatic carbocycles. The predicted molar refractivity (Wildman–Crippen MR) is 76.2 cm³/mol. The molecular weight excluding hydrogens is 220 g/mol. The number of hydrogen-bond acceptors (Lipinski definition) is 2. The lowest BCUT2D eigenvalue weighted by Crippen LogP contribution is -2.26. The zero-order valence-electron chi connectivity index (χ0n) is 10.7. The summed E-state index contributed by atoms with van der Waals surface area (Å²) < 4.78 is 0. The van der Waals surface area contributed by atoms with Crippen LogP contribution in [0.25, 0.3) is 0 Å². The van der Waals surface area contributed by atoms with Gasteiger partial charge in [0.2, 0.25) is 0 Å². The zero-order chi connectivity index (χ0) is 12.4. The van der Waals surface area contributed by atoms with Gasteiger partial charge in [-0.3, -0.25) is 0 Å². The van der Waals surface area contributed by atoms with Gasteiger partial charge in [0.1, 0.15) is 0 Å². The van der Waals surface area contributed by atoms with E-state index in [0.717, 1.165) is 19.6 Å². The van der Waals surface area contributed by atoms with E-state index in [9.17, 15) is 0 Å². The van der Waals surface area contributed by atoms with Gasteiger partial charge >= 0.3 is 0 Å². The first-order valence-corrected chi connectivity index (χ1v) is 6.43. The van der Waals surface area contributed by atoms with E-state index in [1.54, 1.807) is 0 Å². The third kappa shape index (κ3) is 2.12. The Morgan fingerprint density at radius 1 is 0.833 bits per heavy atom. The van der Waals surface area contributed by atoms with Gasteiger partial charge < -0.3 is 9.80 Å². The molecule has 2 aromatic carbocycles. The normalized spacial score (nSPS) is 16.2. The van der Waals surface area contributed by atoms with Crippen LogP contribution in [0.5, 0.6) is 0 Å². The molecule has 0 radical (unpaired) electrons. The topological polar surface area (TPSA) is 6.48 Å². The van der Waals surface area contributed by atoms with Crippen molar-refractivity contribution in [1.82, 2.24) is 4.90 Å². The van der Waals surface area contributed by atoms with Crippen molar-refractivity contribution < 1.29 is 0 Å². The number of benzene rings is 2. The van der Waals surface area contributed by atoms with Gasteiger partial charge in [0, 0.05) is 31.0 Å². The maximum atomic E-state index is 2.42. The maximum absolute atomic E-state index is 2.42. The highest BCUT2D eigenvalue weighted by Crippen LogP contribution is 2.30. The molecule has 0 fully saturated rings. The molecule has 2 heteroatoms. The van der Waals surface area contributed by atoms with Gasteiger partial charge in [-0.2, -0.15) is 0 Å². The van der Waals surface area contributed by atoms with Gasteiger partial charge in [0.25, 0.3) is 0 Å². The Balaban J connectivity index is 2.05. The second kappa shape index (κ2) is 4.83. The van der Waals surface area contributed by atoms with Crippen LogP contribution >= 0.6 is 0 Å². The van der Waals surface area contributed by atoms with Crippen molar-refractivity contribution in [2.75, 3.05) is 25.0 Å². The third-order valence-corrected chi connectivity index (χ3v) is 3.50. The van der Waals surface area contributed by atoms with Crippen LogP contribution < -0.4 is 4.90 Å². The average molecular weight is 238 g/mol. The minimum atomic E-state index is 1.03. The Labute approximate surface area is 108 Å². The molecule has 2 aromatic rings. The van der Waals surface area contributed by atoms with Crippen molar-refractivity contribution >= 4 is 11.4 Å². The van der Waals surface area contributed by atoms with E-state index in [4.69, 9.17) is 0 Å². The fourth-order valence-electron chi connectivity index (χ4n) is 2.54. The molecule has 0 unspecified atom stereocenters. The SMILES string of the molecule is CN1CCN(c2ccccc2)c2ccccc2C1. The number of likely N-dealkylation sites (N-methyl/N-ethyl adjacent to an activating group) is 1. The second-order valence-electron chi connectivity index (χ2n) is 4.85. The lowest BCUT2D eigenvalue weighted by Gasteiger charge is -2.24. The van der Waals surface area contributed by atoms with Gasteiger partial charge in [0.15, 0.2) is 0 Å². The standard InChI is InChI=1S/C16H18N2/c1-17-11-12-18(15-8-3-2-4-9-15)16-10-6-5-7-14(16)13-17/h2-10H,11-13H2,1H3. The first-order chi connectivity index (χ1) is 8.84. The highest BCUT2D eigenvalue weighted by molar-refractivity contribution is 5.66. The Bertz CT molecular complexity index is 522. The highest BCUT2D eigenvalue weighted by Gasteiger charge is 2.18. The lowest BCUT2D eigenvalue weighted by molar-refractivity contribution is 0.343. The van der Waals surface area contributed by atoms with Crippen molar-refractivity contribution in [2.45, 2.75) is 6.54 Å². The van der Waals surface area contributed by atoms with E-state index in [1.165, 1.54) is 16.9 Å². The van der Waals surface area contributed by atoms with Gasteiger partial charge in [0.05, 0.1) is 0 Å². The molecule has 0 spiro atoms. The quantitative estimate of drug-likeness (QED) is 0.752. The molecule has 1 aliphatic rings. The van der Waals surface area contributed by atoms with E-state index in [1.807, 2.05) is 0 Å². The van der Waals surface area contributed by atoms with E-state index in [-0.39, 0.29) is 0 Å². The zero-order valence-corrected chi connectivity index (χ0v) is 10.7. The highest BCUT2D eigenvalue weighted by atomic mass is 15.2. The number of nitrogens with zero attached hydrogens (tertiary/aromatic N) is 2. The molecule has 2 nitrogen and oxygen atoms in total. The van der Waals surface area contributed by atoms with Gasteiger partial charge in [-0.25, -0.2) is 0 Å². The summed E-state index contributed by atoms with van der Waals surface area (Å²) in [6.07, 6.45) is 0. The Kier molecular flexibility index (Phi) is 3.03. The molecule has 1 aliphatic heterocycles. The molecule has 0 bridgehead atoms. The van der Waals surface area contributed by atoms with E-state index < -0.39 is 0 Å². The lowest BCUT2D eigenvalue weighted by atomic mass is 10.1. The van der Waals surface area contributed by atoms with Crippen molar-refractivity contribution in [2.24, 2.45) is 0 Å². The molecule has 0 atom stereocenters. The third-order valence-electron chi connectivity index (χ3n) is 3.50. The van der Waals surface area contributed by atoms with Crippen LogP contribution in [0.1, 0.15) is 5.56 Å². The van der Waals surface area contributed by atoms with Crippen LogP contribution in [0, 0.1) is 0 Å². The monoisotopic (exact) mass is 238 g/mol. The summed E-state index contributed by atoms with van der Waals surface area (Å²) >= 11 is 0. The summed E-state index contributed by atoms with van der Waals surface area (Å²) in [5.41, 5.74) is 4.02. The minimum Gasteiger partial charge on any atom is -0.340 e. The second-order valence-corrected chi connectivity index (χ2v) is 4.85. The van der Waals surface area contributed by atoms with Crippen molar-refractivity contribution in [3.63, 3.8) is 0 Å². The van der Waals surface area contributed by atoms with Crippen LogP contribution in [-0.4, -0.2) is 25.0 Å². The molecule has 0 N–H and O–H groups in total. The number of para-hydroxylation sites is 2. The molecule has 0 amide bonds. The summed E-state index contributed by atoms with van der Waals surface area (Å²) in [6.45, 7) is 3.15. The van der Waals surface area contributed by atoms with Gasteiger partial charge in [-0.05, 0) is 30.8 Å². The summed E-state index contributed by atoms with van der Waals surface area (Å²) in [6, 6.07) is 19.3. The minimum absolute atomic E-state index is 1.03. The van der Waals surface area contributed by atoms with Crippen LogP contribution in [0.15, 0.2) is 54.6 Å². The summed E-state index contributed by atoms with van der Waals surface area (Å²) in [7, 11) is 2.19. The van der Waals surface area contributed by atoms with Crippen molar-refractivity contribution in [1.29, 1.82) is 0 Å². The summed E-state index contributed by atoms with van der Waals surface area (Å²) in [4.78, 5) is 4.79. The van der Waals surface area contributed by atoms with E-state index >= 15 is 0 Å². The number of rotatable bonds is 1. The Morgan fingerprint density at radius 3 is 2.39 bits per heavy atom. The predicted octanol–water partition coefficient (Wildman–Crippen LogP) is 3.27. The van der Waals surface area contributed by atoms with E-state index in [0.29, 0.717) is 0 Å². The number of anilines is 2. The largest absolute Gasteiger partial charge is 0.340 e. The molecule has 1 heterocycles. The number of hydrogen-bond donors (Lipinski definition) is 0. The van der Waals surface area contributed by atoms with Crippen LogP contribution in [0.2, 0.25) is 0 Å². The summed E-state index contributed by atoms with van der Waals surface area (Å²) in [5, 5.41) is 0. The molecule has 0 aromatic heterocycles. The molecule has 0 saturated carbocycles. The van der Waals surface area contributed by atoms with Gasteiger partial charge in [-0.15, -0.1) is 0 Å². The van der Waals surface area contributed by atoms with Crippen LogP contribution in [0.3, 0.4) is 0 Å². The molecule has 92 valence electrons. The molecule has 0 saturated heterocycles. The number of fused-ring (bicyclic) bond motifs is 1. The molecule has 3 rings (SSSR count). The average Bonchev–Trinajstić information content (AvgIpc) is 2.58.